The summed E-state index contributed by atoms with van der Waals surface area (Å²) in [4.78, 5) is 16.3. The highest BCUT2D eigenvalue weighted by atomic mass is 35.5. The molecule has 1 aromatic carbocycles. The van der Waals surface area contributed by atoms with Crippen molar-refractivity contribution in [2.75, 3.05) is 0 Å². The number of benzene rings is 1. The molecule has 0 aliphatic carbocycles. The van der Waals surface area contributed by atoms with Crippen molar-refractivity contribution in [2.45, 2.75) is 26.3 Å². The lowest BCUT2D eigenvalue weighted by atomic mass is 9.96. The minimum Gasteiger partial charge on any atom is -0.345 e. The maximum absolute atomic E-state index is 12.4. The molecule has 0 fully saturated rings. The van der Waals surface area contributed by atoms with E-state index < -0.39 is 0 Å². The molecule has 0 aliphatic rings. The fourth-order valence-electron chi connectivity index (χ4n) is 2.23. The number of halogens is 1. The normalized spacial score (nSPS) is 12.2. The van der Waals surface area contributed by atoms with Crippen LogP contribution in [0.5, 0.6) is 0 Å². The van der Waals surface area contributed by atoms with E-state index in [4.69, 9.17) is 11.6 Å². The van der Waals surface area contributed by atoms with Crippen LogP contribution in [0.4, 0.5) is 0 Å². The maximum Gasteiger partial charge on any atom is 0.253 e. The third-order valence-corrected chi connectivity index (χ3v) is 3.53. The predicted octanol–water partition coefficient (Wildman–Crippen LogP) is 4.25. The van der Waals surface area contributed by atoms with Gasteiger partial charge in [0.1, 0.15) is 0 Å². The van der Waals surface area contributed by atoms with Crippen LogP contribution in [0.3, 0.4) is 0 Å². The quantitative estimate of drug-likeness (QED) is 0.897. The van der Waals surface area contributed by atoms with Gasteiger partial charge in [0, 0.05) is 12.4 Å². The molecule has 0 saturated heterocycles. The highest BCUT2D eigenvalue weighted by Crippen LogP contribution is 2.22. The Kier molecular flexibility index (Phi) is 5.34. The smallest absolute Gasteiger partial charge is 0.253 e. The maximum atomic E-state index is 12.4. The molecule has 4 heteroatoms. The number of hydrogen-bond donors (Lipinski definition) is 1. The van der Waals surface area contributed by atoms with Gasteiger partial charge in [-0.2, -0.15) is 0 Å². The monoisotopic (exact) mass is 302 g/mol. The molecule has 1 N–H and O–H groups in total. The number of carbonyl (C=O) groups excluding carboxylic acids is 1. The van der Waals surface area contributed by atoms with Gasteiger partial charge in [-0.15, -0.1) is 0 Å². The van der Waals surface area contributed by atoms with Crippen molar-refractivity contribution in [3.63, 3.8) is 0 Å². The van der Waals surface area contributed by atoms with Crippen LogP contribution in [0.15, 0.2) is 48.8 Å². The second-order valence-electron chi connectivity index (χ2n) is 5.42. The van der Waals surface area contributed by atoms with Crippen molar-refractivity contribution in [3.05, 3.63) is 64.9 Å². The van der Waals surface area contributed by atoms with Gasteiger partial charge in [-0.25, -0.2) is 0 Å². The summed E-state index contributed by atoms with van der Waals surface area (Å²) in [5.74, 6) is 0.306. The molecule has 110 valence electrons. The molecule has 0 saturated carbocycles. The van der Waals surface area contributed by atoms with Crippen molar-refractivity contribution in [3.8, 4) is 0 Å². The van der Waals surface area contributed by atoms with E-state index in [1.807, 2.05) is 30.3 Å². The van der Waals surface area contributed by atoms with E-state index in [2.05, 4.69) is 24.1 Å². The highest BCUT2D eigenvalue weighted by Gasteiger charge is 2.18. The lowest BCUT2D eigenvalue weighted by Crippen LogP contribution is -2.29. The molecule has 3 nitrogen and oxygen atoms in total. The average molecular weight is 303 g/mol. The second kappa shape index (κ2) is 7.23. The first-order valence-electron chi connectivity index (χ1n) is 7.03. The van der Waals surface area contributed by atoms with E-state index >= 15 is 0 Å². The molecule has 1 atom stereocenters. The van der Waals surface area contributed by atoms with Crippen molar-refractivity contribution >= 4 is 17.5 Å². The number of pyridine rings is 1. The number of hydrogen-bond acceptors (Lipinski definition) is 2. The summed E-state index contributed by atoms with van der Waals surface area (Å²) in [6.07, 6.45) is 3.93. The van der Waals surface area contributed by atoms with E-state index in [0.29, 0.717) is 16.5 Å². The molecular weight excluding hydrogens is 284 g/mol. The van der Waals surface area contributed by atoms with Crippen LogP contribution in [-0.4, -0.2) is 10.9 Å². The SMILES string of the molecule is CC(C)CC(NC(=O)c1ccncc1Cl)c1ccccc1. The van der Waals surface area contributed by atoms with Crippen molar-refractivity contribution in [1.82, 2.24) is 10.3 Å². The largest absolute Gasteiger partial charge is 0.345 e. The first kappa shape index (κ1) is 15.5. The second-order valence-corrected chi connectivity index (χ2v) is 5.83. The summed E-state index contributed by atoms with van der Waals surface area (Å²) >= 11 is 6.03. The van der Waals surface area contributed by atoms with Gasteiger partial charge in [-0.05, 0) is 24.0 Å². The Balaban J connectivity index is 2.19. The Morgan fingerprint density at radius 1 is 1.24 bits per heavy atom. The van der Waals surface area contributed by atoms with E-state index in [1.54, 1.807) is 12.3 Å². The summed E-state index contributed by atoms with van der Waals surface area (Å²) in [6.45, 7) is 4.28. The van der Waals surface area contributed by atoms with Crippen LogP contribution < -0.4 is 5.32 Å². The molecule has 0 radical (unpaired) electrons. The topological polar surface area (TPSA) is 42.0 Å². The minimum absolute atomic E-state index is 0.0251. The molecular formula is C17H19ClN2O. The predicted molar refractivity (Wildman–Crippen MR) is 85.4 cm³/mol. The van der Waals surface area contributed by atoms with Crippen LogP contribution in [-0.2, 0) is 0 Å². The van der Waals surface area contributed by atoms with Gasteiger partial charge in [0.2, 0.25) is 0 Å². The summed E-state index contributed by atoms with van der Waals surface area (Å²) in [7, 11) is 0. The lowest BCUT2D eigenvalue weighted by Gasteiger charge is -2.21. The number of rotatable bonds is 5. The van der Waals surface area contributed by atoms with Crippen LogP contribution in [0.25, 0.3) is 0 Å². The summed E-state index contributed by atoms with van der Waals surface area (Å²) in [6, 6.07) is 11.6. The first-order valence-corrected chi connectivity index (χ1v) is 7.41. The zero-order valence-electron chi connectivity index (χ0n) is 12.2. The Hall–Kier alpha value is -1.87. The Morgan fingerprint density at radius 3 is 2.57 bits per heavy atom. The van der Waals surface area contributed by atoms with E-state index in [9.17, 15) is 4.79 Å². The van der Waals surface area contributed by atoms with E-state index in [-0.39, 0.29) is 11.9 Å². The zero-order valence-corrected chi connectivity index (χ0v) is 13.0. The molecule has 1 heterocycles. The molecule has 0 spiro atoms. The number of amides is 1. The average Bonchev–Trinajstić information content (AvgIpc) is 2.47. The van der Waals surface area contributed by atoms with Crippen LogP contribution in [0, 0.1) is 5.92 Å². The zero-order chi connectivity index (χ0) is 15.2. The molecule has 21 heavy (non-hydrogen) atoms. The highest BCUT2D eigenvalue weighted by molar-refractivity contribution is 6.33. The van der Waals surface area contributed by atoms with E-state index in [0.717, 1.165) is 12.0 Å². The fourth-order valence-corrected chi connectivity index (χ4v) is 2.44. The number of carbonyl (C=O) groups is 1. The minimum atomic E-state index is -0.170. The molecule has 0 aliphatic heterocycles. The third kappa shape index (κ3) is 4.30. The molecule has 1 aromatic heterocycles. The Bertz CT molecular complexity index is 599. The Morgan fingerprint density at radius 2 is 1.95 bits per heavy atom. The van der Waals surface area contributed by atoms with Crippen LogP contribution in [0.1, 0.15) is 42.2 Å². The molecule has 1 unspecified atom stereocenters. The molecule has 0 bridgehead atoms. The number of nitrogens with one attached hydrogen (secondary N) is 1. The summed E-state index contributed by atoms with van der Waals surface area (Å²) < 4.78 is 0. The van der Waals surface area contributed by atoms with Crippen LogP contribution >= 0.6 is 11.6 Å². The number of nitrogens with zero attached hydrogens (tertiary/aromatic N) is 1. The first-order chi connectivity index (χ1) is 10.1. The molecule has 1 amide bonds. The van der Waals surface area contributed by atoms with E-state index in [1.165, 1.54) is 6.20 Å². The van der Waals surface area contributed by atoms with Gasteiger partial charge in [0.05, 0.1) is 16.6 Å². The molecule has 2 aromatic rings. The third-order valence-electron chi connectivity index (χ3n) is 3.23. The van der Waals surface area contributed by atoms with Gasteiger partial charge < -0.3 is 5.32 Å². The van der Waals surface area contributed by atoms with Gasteiger partial charge >= 0.3 is 0 Å². The van der Waals surface area contributed by atoms with Crippen molar-refractivity contribution in [2.24, 2.45) is 5.92 Å². The van der Waals surface area contributed by atoms with Crippen LogP contribution in [0.2, 0.25) is 5.02 Å². The lowest BCUT2D eigenvalue weighted by molar-refractivity contribution is 0.0932. The van der Waals surface area contributed by atoms with Crippen molar-refractivity contribution < 1.29 is 4.79 Å². The molecule has 2 rings (SSSR count). The van der Waals surface area contributed by atoms with Gasteiger partial charge in [-0.1, -0.05) is 55.8 Å². The van der Waals surface area contributed by atoms with Gasteiger partial charge in [-0.3, -0.25) is 9.78 Å². The number of aromatic nitrogens is 1. The Labute approximate surface area is 130 Å². The summed E-state index contributed by atoms with van der Waals surface area (Å²) in [5, 5.41) is 3.44. The van der Waals surface area contributed by atoms with Crippen molar-refractivity contribution in [1.29, 1.82) is 0 Å². The fraction of sp³-hybridized carbons (Fsp3) is 0.294. The van der Waals surface area contributed by atoms with Gasteiger partial charge in [0.25, 0.3) is 5.91 Å². The standard InChI is InChI=1S/C17H19ClN2O/c1-12(2)10-16(13-6-4-3-5-7-13)20-17(21)14-8-9-19-11-15(14)18/h3-9,11-12,16H,10H2,1-2H3,(H,20,21). The summed E-state index contributed by atoms with van der Waals surface area (Å²) in [5.41, 5.74) is 1.56. The van der Waals surface area contributed by atoms with Gasteiger partial charge in [0.15, 0.2) is 0 Å².